The summed E-state index contributed by atoms with van der Waals surface area (Å²) in [7, 11) is 0. The predicted octanol–water partition coefficient (Wildman–Crippen LogP) is 5.47. The van der Waals surface area contributed by atoms with Gasteiger partial charge in [0.2, 0.25) is 11.9 Å². The smallest absolute Gasteiger partial charge is 0.219 e. The molecule has 1 aliphatic heterocycles. The summed E-state index contributed by atoms with van der Waals surface area (Å²) in [5, 5.41) is 6.09. The van der Waals surface area contributed by atoms with Crippen LogP contribution in [0.5, 0.6) is 0 Å². The summed E-state index contributed by atoms with van der Waals surface area (Å²) >= 11 is 0. The van der Waals surface area contributed by atoms with E-state index in [2.05, 4.69) is 63.9 Å². The van der Waals surface area contributed by atoms with Crippen molar-refractivity contribution in [1.29, 1.82) is 0 Å². The van der Waals surface area contributed by atoms with Gasteiger partial charge < -0.3 is 15.6 Å². The first-order valence-corrected chi connectivity index (χ1v) is 13.2. The fourth-order valence-corrected chi connectivity index (χ4v) is 4.38. The summed E-state index contributed by atoms with van der Waals surface area (Å²) in [5.41, 5.74) is 10.1. The fraction of sp³-hybridized carbons (Fsp3) is 0.379. The Labute approximate surface area is 223 Å². The SMILES string of the molecule is C=N/C(=C(/F)NCCN[C@@H](C)CC)c1ccc(-c2ccc(-c3nc(C4CCC(C)NN4)[nH]c3F)cc2)cc1. The number of nitrogens with zero attached hydrogens (tertiary/aromatic N) is 2. The van der Waals surface area contributed by atoms with Gasteiger partial charge in [0.1, 0.15) is 17.2 Å². The zero-order valence-corrected chi connectivity index (χ0v) is 22.2. The largest absolute Gasteiger partial charge is 0.359 e. The van der Waals surface area contributed by atoms with Gasteiger partial charge in [0.25, 0.3) is 0 Å². The van der Waals surface area contributed by atoms with Crippen LogP contribution in [0, 0.1) is 5.95 Å². The monoisotopic (exact) mass is 521 g/mol. The van der Waals surface area contributed by atoms with Gasteiger partial charge in [-0.3, -0.25) is 10.4 Å². The number of hydrogen-bond acceptors (Lipinski definition) is 6. The normalized spacial score (nSPS) is 19.1. The van der Waals surface area contributed by atoms with Crippen LogP contribution in [0.4, 0.5) is 8.78 Å². The molecule has 2 unspecified atom stereocenters. The lowest BCUT2D eigenvalue weighted by Crippen LogP contribution is -2.46. The average Bonchev–Trinajstić information content (AvgIpc) is 3.33. The van der Waals surface area contributed by atoms with E-state index >= 15 is 0 Å². The number of halogens is 2. The zero-order valence-electron chi connectivity index (χ0n) is 22.2. The van der Waals surface area contributed by atoms with Crippen molar-refractivity contribution >= 4 is 12.4 Å². The molecule has 1 aromatic heterocycles. The Morgan fingerprint density at radius 3 is 2.32 bits per heavy atom. The van der Waals surface area contributed by atoms with Crippen LogP contribution in [0.25, 0.3) is 28.1 Å². The average molecular weight is 522 g/mol. The number of hydrogen-bond donors (Lipinski definition) is 5. The van der Waals surface area contributed by atoms with Gasteiger partial charge in [-0.1, -0.05) is 55.5 Å². The molecule has 4 rings (SSSR count). The van der Waals surface area contributed by atoms with E-state index in [1.54, 1.807) is 0 Å². The molecule has 0 radical (unpaired) electrons. The summed E-state index contributed by atoms with van der Waals surface area (Å²) in [4.78, 5) is 11.2. The molecular formula is C29H37F2N7. The molecule has 38 heavy (non-hydrogen) atoms. The van der Waals surface area contributed by atoms with Gasteiger partial charge in [-0.25, -0.2) is 10.4 Å². The Morgan fingerprint density at radius 2 is 1.71 bits per heavy atom. The van der Waals surface area contributed by atoms with E-state index in [1.807, 2.05) is 48.5 Å². The molecule has 1 fully saturated rings. The maximum Gasteiger partial charge on any atom is 0.219 e. The Balaban J connectivity index is 1.42. The van der Waals surface area contributed by atoms with Crippen LogP contribution in [0.2, 0.25) is 0 Å². The number of nitrogens with one attached hydrogen (secondary N) is 5. The van der Waals surface area contributed by atoms with Gasteiger partial charge in [0, 0.05) is 36.3 Å². The van der Waals surface area contributed by atoms with Gasteiger partial charge in [0.05, 0.1) is 6.04 Å². The summed E-state index contributed by atoms with van der Waals surface area (Å²) in [5.74, 6) is -0.359. The number of benzene rings is 2. The molecule has 1 saturated heterocycles. The van der Waals surface area contributed by atoms with Gasteiger partial charge >= 0.3 is 0 Å². The van der Waals surface area contributed by atoms with Crippen LogP contribution in [0.1, 0.15) is 57.5 Å². The molecule has 2 aromatic carbocycles. The second-order valence-electron chi connectivity index (χ2n) is 9.77. The second-order valence-corrected chi connectivity index (χ2v) is 9.77. The van der Waals surface area contributed by atoms with Crippen LogP contribution in [-0.4, -0.2) is 41.9 Å². The van der Waals surface area contributed by atoms with Crippen LogP contribution < -0.4 is 21.5 Å². The van der Waals surface area contributed by atoms with Gasteiger partial charge in [-0.2, -0.15) is 8.78 Å². The first-order valence-electron chi connectivity index (χ1n) is 13.2. The third-order valence-electron chi connectivity index (χ3n) is 6.93. The third-order valence-corrected chi connectivity index (χ3v) is 6.93. The van der Waals surface area contributed by atoms with Crippen LogP contribution >= 0.6 is 0 Å². The first kappa shape index (κ1) is 27.6. The van der Waals surface area contributed by atoms with E-state index < -0.39 is 11.9 Å². The van der Waals surface area contributed by atoms with Crippen molar-refractivity contribution < 1.29 is 8.78 Å². The number of H-pyrrole nitrogens is 1. The highest BCUT2D eigenvalue weighted by Crippen LogP contribution is 2.29. The highest BCUT2D eigenvalue weighted by atomic mass is 19.1. The minimum atomic E-state index is -0.503. The number of rotatable bonds is 11. The van der Waals surface area contributed by atoms with Gasteiger partial charge in [-0.15, -0.1) is 0 Å². The second kappa shape index (κ2) is 12.9. The van der Waals surface area contributed by atoms with Crippen LogP contribution in [-0.2, 0) is 0 Å². The lowest BCUT2D eigenvalue weighted by Gasteiger charge is -2.27. The van der Waals surface area contributed by atoms with Crippen molar-refractivity contribution in [2.75, 3.05) is 13.1 Å². The predicted molar refractivity (Wildman–Crippen MR) is 150 cm³/mol. The number of aromatic amines is 1. The van der Waals surface area contributed by atoms with E-state index in [9.17, 15) is 8.78 Å². The summed E-state index contributed by atoms with van der Waals surface area (Å²) < 4.78 is 29.4. The van der Waals surface area contributed by atoms with E-state index in [1.165, 1.54) is 0 Å². The van der Waals surface area contributed by atoms with Crippen LogP contribution in [0.15, 0.2) is 59.5 Å². The lowest BCUT2D eigenvalue weighted by molar-refractivity contribution is 0.283. The summed E-state index contributed by atoms with van der Waals surface area (Å²) in [6.45, 7) is 10.9. The quantitative estimate of drug-likeness (QED) is 0.131. The van der Waals surface area contributed by atoms with E-state index in [-0.39, 0.29) is 11.7 Å². The zero-order chi connectivity index (χ0) is 27.1. The Bertz CT molecular complexity index is 1230. The van der Waals surface area contributed by atoms with E-state index in [4.69, 9.17) is 0 Å². The summed E-state index contributed by atoms with van der Waals surface area (Å²) in [6.07, 6.45) is 2.88. The molecule has 7 nitrogen and oxygen atoms in total. The third kappa shape index (κ3) is 6.72. The standard InChI is InChI=1S/C29H37F2N7/c1-5-18(2)33-16-17-34-27(30)25(32-4)22-11-7-20(8-12-22)21-9-13-23(14-10-21)26-28(31)36-29(35-26)24-15-6-19(3)37-38-24/h7-14,18-19,24,33-34,37-38H,4-6,15-17H2,1-3H3,(H,35,36)/b27-25-/t18-,19?,24?/m0/s1. The number of aliphatic imine (C=N–C) groups is 1. The highest BCUT2D eigenvalue weighted by molar-refractivity contribution is 5.74. The lowest BCUT2D eigenvalue weighted by atomic mass is 10.0. The van der Waals surface area contributed by atoms with Crippen molar-refractivity contribution in [3.8, 4) is 22.4 Å². The minimum Gasteiger partial charge on any atom is -0.359 e. The Kier molecular flexibility index (Phi) is 9.38. The highest BCUT2D eigenvalue weighted by Gasteiger charge is 2.23. The topological polar surface area (TPSA) is 89.2 Å². The minimum absolute atomic E-state index is 0.0577. The molecule has 202 valence electrons. The van der Waals surface area contributed by atoms with Crippen molar-refractivity contribution in [3.05, 3.63) is 71.8 Å². The van der Waals surface area contributed by atoms with E-state index in [0.717, 1.165) is 30.4 Å². The molecular weight excluding hydrogens is 484 g/mol. The van der Waals surface area contributed by atoms with Crippen molar-refractivity contribution in [3.63, 3.8) is 0 Å². The van der Waals surface area contributed by atoms with Crippen molar-refractivity contribution in [2.24, 2.45) is 4.99 Å². The Hall–Kier alpha value is -3.40. The molecule has 3 atom stereocenters. The molecule has 0 spiro atoms. The van der Waals surface area contributed by atoms with Crippen molar-refractivity contribution in [1.82, 2.24) is 31.5 Å². The maximum atomic E-state index is 14.7. The molecule has 2 heterocycles. The maximum absolute atomic E-state index is 14.7. The number of imidazole rings is 1. The molecule has 0 amide bonds. The molecule has 0 aliphatic carbocycles. The molecule has 9 heteroatoms. The molecule has 1 aliphatic rings. The molecule has 0 saturated carbocycles. The van der Waals surface area contributed by atoms with Gasteiger partial charge in [0.15, 0.2) is 0 Å². The molecule has 5 N–H and O–H groups in total. The summed E-state index contributed by atoms with van der Waals surface area (Å²) in [6, 6.07) is 15.7. The van der Waals surface area contributed by atoms with Gasteiger partial charge in [-0.05, 0) is 51.0 Å². The van der Waals surface area contributed by atoms with Crippen molar-refractivity contribution in [2.45, 2.75) is 58.2 Å². The Morgan fingerprint density at radius 1 is 1.05 bits per heavy atom. The first-order chi connectivity index (χ1) is 18.4. The van der Waals surface area contributed by atoms with E-state index in [0.29, 0.717) is 47.8 Å². The fourth-order valence-electron chi connectivity index (χ4n) is 4.38. The number of hydrazine groups is 1. The number of aromatic nitrogens is 2. The van der Waals surface area contributed by atoms with Crippen LogP contribution in [0.3, 0.4) is 0 Å². The molecule has 0 bridgehead atoms. The molecule has 3 aromatic rings.